The van der Waals surface area contributed by atoms with Gasteiger partial charge in [0.2, 0.25) is 0 Å². The Labute approximate surface area is 87.3 Å². The van der Waals surface area contributed by atoms with E-state index in [2.05, 4.69) is 0 Å². The Kier molecular flexibility index (Phi) is 3.39. The molecule has 1 aromatic carbocycles. The third-order valence-electron chi connectivity index (χ3n) is 1.72. The van der Waals surface area contributed by atoms with E-state index in [1.165, 1.54) is 17.8 Å². The maximum atomic E-state index is 13.3. The SMILES string of the molecule is CC(C)(CO)Sc1ccc(N)cc1F. The highest BCUT2D eigenvalue weighted by Gasteiger charge is 2.19. The molecule has 0 saturated carbocycles. The summed E-state index contributed by atoms with van der Waals surface area (Å²) in [5.41, 5.74) is 5.84. The Morgan fingerprint density at radius 2 is 2.14 bits per heavy atom. The molecule has 4 heteroatoms. The maximum Gasteiger partial charge on any atom is 0.138 e. The number of rotatable bonds is 3. The first-order valence-electron chi connectivity index (χ1n) is 4.29. The Morgan fingerprint density at radius 3 is 2.64 bits per heavy atom. The lowest BCUT2D eigenvalue weighted by atomic mass is 10.2. The van der Waals surface area contributed by atoms with E-state index in [1.54, 1.807) is 12.1 Å². The van der Waals surface area contributed by atoms with Crippen molar-refractivity contribution in [2.24, 2.45) is 0 Å². The first-order chi connectivity index (χ1) is 6.44. The molecule has 1 rings (SSSR count). The second-order valence-corrected chi connectivity index (χ2v) is 5.46. The molecule has 0 aliphatic heterocycles. The molecule has 0 radical (unpaired) electrons. The summed E-state index contributed by atoms with van der Waals surface area (Å²) in [6.45, 7) is 3.71. The summed E-state index contributed by atoms with van der Waals surface area (Å²) < 4.78 is 13.0. The van der Waals surface area contributed by atoms with E-state index in [-0.39, 0.29) is 17.2 Å². The molecule has 0 unspecified atom stereocenters. The highest BCUT2D eigenvalue weighted by Crippen LogP contribution is 2.34. The van der Waals surface area contributed by atoms with Crippen LogP contribution >= 0.6 is 11.8 Å². The fourth-order valence-corrected chi connectivity index (χ4v) is 1.88. The van der Waals surface area contributed by atoms with Crippen LogP contribution in [0.1, 0.15) is 13.8 Å². The van der Waals surface area contributed by atoms with E-state index in [4.69, 9.17) is 10.8 Å². The van der Waals surface area contributed by atoms with Crippen molar-refractivity contribution in [3.8, 4) is 0 Å². The largest absolute Gasteiger partial charge is 0.399 e. The topological polar surface area (TPSA) is 46.2 Å². The molecule has 78 valence electrons. The Morgan fingerprint density at radius 1 is 1.50 bits per heavy atom. The summed E-state index contributed by atoms with van der Waals surface area (Å²) in [4.78, 5) is 0.512. The zero-order valence-electron chi connectivity index (χ0n) is 8.25. The minimum atomic E-state index is -0.378. The van der Waals surface area contributed by atoms with E-state index in [0.717, 1.165) is 0 Å². The zero-order chi connectivity index (χ0) is 10.8. The first kappa shape index (κ1) is 11.3. The van der Waals surface area contributed by atoms with E-state index in [1.807, 2.05) is 13.8 Å². The van der Waals surface area contributed by atoms with Gasteiger partial charge in [0.15, 0.2) is 0 Å². The quantitative estimate of drug-likeness (QED) is 0.600. The summed E-state index contributed by atoms with van der Waals surface area (Å²) in [7, 11) is 0. The van der Waals surface area contributed by atoms with Gasteiger partial charge in [0, 0.05) is 15.3 Å². The third kappa shape index (κ3) is 2.89. The Hall–Kier alpha value is -0.740. The van der Waals surface area contributed by atoms with E-state index in [9.17, 15) is 4.39 Å². The number of nitrogen functional groups attached to an aromatic ring is 1. The van der Waals surface area contributed by atoms with E-state index >= 15 is 0 Å². The minimum absolute atomic E-state index is 0.00147. The van der Waals surface area contributed by atoms with Crippen LogP contribution in [0.25, 0.3) is 0 Å². The monoisotopic (exact) mass is 215 g/mol. The summed E-state index contributed by atoms with van der Waals surface area (Å²) >= 11 is 1.30. The van der Waals surface area contributed by atoms with Crippen molar-refractivity contribution in [2.75, 3.05) is 12.3 Å². The summed E-state index contributed by atoms with van der Waals surface area (Å²) in [6, 6.07) is 4.57. The number of thioether (sulfide) groups is 1. The van der Waals surface area contributed by atoms with Gasteiger partial charge in [0.1, 0.15) is 5.82 Å². The fourth-order valence-electron chi connectivity index (χ4n) is 0.930. The third-order valence-corrected chi connectivity index (χ3v) is 2.96. The van der Waals surface area contributed by atoms with Crippen LogP contribution < -0.4 is 5.73 Å². The molecular weight excluding hydrogens is 201 g/mol. The second kappa shape index (κ2) is 4.19. The highest BCUT2D eigenvalue weighted by molar-refractivity contribution is 8.00. The van der Waals surface area contributed by atoms with E-state index < -0.39 is 0 Å². The molecule has 0 fully saturated rings. The van der Waals surface area contributed by atoms with Gasteiger partial charge in [-0.3, -0.25) is 0 Å². The molecule has 0 aromatic heterocycles. The average Bonchev–Trinajstić information content (AvgIpc) is 2.10. The van der Waals surface area contributed by atoms with Crippen molar-refractivity contribution in [1.82, 2.24) is 0 Å². The average molecular weight is 215 g/mol. The number of aliphatic hydroxyl groups excluding tert-OH is 1. The van der Waals surface area contributed by atoms with Crippen molar-refractivity contribution < 1.29 is 9.50 Å². The molecule has 0 atom stereocenters. The van der Waals surface area contributed by atoms with Crippen molar-refractivity contribution >= 4 is 17.4 Å². The predicted molar refractivity (Wildman–Crippen MR) is 57.8 cm³/mol. The van der Waals surface area contributed by atoms with Gasteiger partial charge in [0.25, 0.3) is 0 Å². The van der Waals surface area contributed by atoms with Gasteiger partial charge >= 0.3 is 0 Å². The number of anilines is 1. The van der Waals surface area contributed by atoms with Crippen LogP contribution in [0.4, 0.5) is 10.1 Å². The van der Waals surface area contributed by atoms with E-state index in [0.29, 0.717) is 10.6 Å². The number of nitrogens with two attached hydrogens (primary N) is 1. The summed E-state index contributed by atoms with van der Waals surface area (Å²) in [5, 5.41) is 9.03. The molecule has 14 heavy (non-hydrogen) atoms. The van der Waals surface area contributed by atoms with Crippen molar-refractivity contribution in [2.45, 2.75) is 23.5 Å². The molecule has 1 aromatic rings. The summed E-state index contributed by atoms with van der Waals surface area (Å²) in [6.07, 6.45) is 0. The number of halogens is 1. The maximum absolute atomic E-state index is 13.3. The van der Waals surface area contributed by atoms with Gasteiger partial charge in [0.05, 0.1) is 6.61 Å². The molecule has 0 saturated heterocycles. The van der Waals surface area contributed by atoms with Crippen molar-refractivity contribution in [1.29, 1.82) is 0 Å². The number of aliphatic hydroxyl groups is 1. The molecule has 0 aliphatic carbocycles. The molecular formula is C10H14FNOS. The van der Waals surface area contributed by atoms with Gasteiger partial charge in [-0.25, -0.2) is 4.39 Å². The minimum Gasteiger partial charge on any atom is -0.399 e. The lowest BCUT2D eigenvalue weighted by molar-refractivity contribution is 0.265. The van der Waals surface area contributed by atoms with Gasteiger partial charge in [-0.05, 0) is 32.0 Å². The highest BCUT2D eigenvalue weighted by atomic mass is 32.2. The molecule has 0 bridgehead atoms. The van der Waals surface area contributed by atoms with Crippen LogP contribution in [-0.2, 0) is 0 Å². The van der Waals surface area contributed by atoms with Crippen LogP contribution in [0.2, 0.25) is 0 Å². The normalized spacial score (nSPS) is 11.7. The molecule has 0 spiro atoms. The van der Waals surface area contributed by atoms with Crippen LogP contribution in [0.5, 0.6) is 0 Å². The second-order valence-electron chi connectivity index (χ2n) is 3.71. The van der Waals surface area contributed by atoms with Crippen LogP contribution in [0, 0.1) is 5.82 Å². The first-order valence-corrected chi connectivity index (χ1v) is 5.11. The lowest BCUT2D eigenvalue weighted by Gasteiger charge is -2.21. The van der Waals surface area contributed by atoms with Crippen LogP contribution in [0.15, 0.2) is 23.1 Å². The Balaban J connectivity index is 2.87. The summed E-state index contributed by atoms with van der Waals surface area (Å²) in [5.74, 6) is -0.337. The van der Waals surface area contributed by atoms with Crippen molar-refractivity contribution in [3.63, 3.8) is 0 Å². The standard InChI is InChI=1S/C10H14FNOS/c1-10(2,6-13)14-9-4-3-7(12)5-8(9)11/h3-5,13H,6,12H2,1-2H3. The van der Waals surface area contributed by atoms with Crippen LogP contribution in [-0.4, -0.2) is 16.5 Å². The number of benzene rings is 1. The lowest BCUT2D eigenvalue weighted by Crippen LogP contribution is -2.19. The molecule has 0 heterocycles. The van der Waals surface area contributed by atoms with Gasteiger partial charge in [-0.2, -0.15) is 0 Å². The smallest absolute Gasteiger partial charge is 0.138 e. The molecule has 0 aliphatic rings. The molecule has 2 nitrogen and oxygen atoms in total. The number of hydrogen-bond acceptors (Lipinski definition) is 3. The van der Waals surface area contributed by atoms with Gasteiger partial charge in [-0.1, -0.05) is 0 Å². The Bertz CT molecular complexity index is 328. The van der Waals surface area contributed by atoms with Crippen LogP contribution in [0.3, 0.4) is 0 Å². The van der Waals surface area contributed by atoms with Gasteiger partial charge in [-0.15, -0.1) is 11.8 Å². The number of hydrogen-bond donors (Lipinski definition) is 2. The van der Waals surface area contributed by atoms with Crippen molar-refractivity contribution in [3.05, 3.63) is 24.0 Å². The zero-order valence-corrected chi connectivity index (χ0v) is 9.07. The van der Waals surface area contributed by atoms with Gasteiger partial charge < -0.3 is 10.8 Å². The molecule has 3 N–H and O–H groups in total. The predicted octanol–water partition coefficient (Wildman–Crippen LogP) is 2.27. The fraction of sp³-hybridized carbons (Fsp3) is 0.400. The molecule has 0 amide bonds.